The average Bonchev–Trinajstić information content (AvgIpc) is 3.24. The van der Waals surface area contributed by atoms with E-state index in [-0.39, 0.29) is 5.82 Å². The van der Waals surface area contributed by atoms with Crippen LogP contribution in [0.25, 0.3) is 28.1 Å². The molecule has 0 aliphatic carbocycles. The number of fused-ring (bicyclic) bond motifs is 1. The van der Waals surface area contributed by atoms with E-state index in [1.54, 1.807) is 12.1 Å². The van der Waals surface area contributed by atoms with Gasteiger partial charge in [-0.05, 0) is 104 Å². The molecule has 1 atom stereocenters. The molecule has 1 heterocycles. The zero-order valence-corrected chi connectivity index (χ0v) is 22.7. The van der Waals surface area contributed by atoms with Crippen LogP contribution in [0.15, 0.2) is 72.9 Å². The maximum atomic E-state index is 13.8. The zero-order chi connectivity index (χ0) is 24.2. The van der Waals surface area contributed by atoms with E-state index >= 15 is 0 Å². The Bertz CT molecular complexity index is 1430. The third-order valence-corrected chi connectivity index (χ3v) is 7.78. The Labute approximate surface area is 222 Å². The van der Waals surface area contributed by atoms with Gasteiger partial charge in [0, 0.05) is 5.39 Å². The van der Waals surface area contributed by atoms with Crippen LogP contribution < -0.4 is 0 Å². The van der Waals surface area contributed by atoms with Crippen LogP contribution in [0.4, 0.5) is 4.39 Å². The lowest BCUT2D eigenvalue weighted by atomic mass is 9.87. The van der Waals surface area contributed by atoms with Crippen LogP contribution in [0, 0.1) is 5.82 Å². The van der Waals surface area contributed by atoms with E-state index in [9.17, 15) is 9.18 Å². The third kappa shape index (κ3) is 5.44. The molecule has 0 bridgehead atoms. The summed E-state index contributed by atoms with van der Waals surface area (Å²) in [4.78, 5) is 11.1. The molecule has 0 spiro atoms. The number of halogens is 4. The molecule has 0 saturated heterocycles. The summed E-state index contributed by atoms with van der Waals surface area (Å²) in [5, 5.41) is 5.37. The minimum atomic E-state index is -0.523. The van der Waals surface area contributed by atoms with Gasteiger partial charge in [0.25, 0.3) is 0 Å². The lowest BCUT2D eigenvalue weighted by molar-refractivity contribution is -0.107. The Balaban J connectivity index is 1.94. The van der Waals surface area contributed by atoms with Gasteiger partial charge in [-0.1, -0.05) is 61.0 Å². The summed E-state index contributed by atoms with van der Waals surface area (Å²) in [7, 11) is 0. The smallest absolute Gasteiger partial charge is 0.245 e. The van der Waals surface area contributed by atoms with E-state index in [1.807, 2.05) is 34.9 Å². The minimum absolute atomic E-state index is 0.370. The second kappa shape index (κ2) is 11.1. The van der Waals surface area contributed by atoms with Crippen LogP contribution in [-0.2, 0) is 4.79 Å². The minimum Gasteiger partial charge on any atom is -0.276 e. The molecule has 4 rings (SSSR count). The molecule has 1 aromatic heterocycles. The molecule has 3 aromatic carbocycles. The van der Waals surface area contributed by atoms with E-state index in [4.69, 9.17) is 23.2 Å². The fraction of sp³-hybridized carbons (Fsp3) is 0.0769. The molecule has 4 aromatic rings. The highest BCUT2D eigenvalue weighted by atomic mass is 127. The van der Waals surface area contributed by atoms with Crippen molar-refractivity contribution < 1.29 is 9.18 Å². The van der Waals surface area contributed by atoms with E-state index in [2.05, 4.69) is 52.3 Å². The van der Waals surface area contributed by atoms with Gasteiger partial charge in [0.15, 0.2) is 0 Å². The van der Waals surface area contributed by atoms with Crippen molar-refractivity contribution >= 4 is 85.0 Å². The van der Waals surface area contributed by atoms with Gasteiger partial charge in [-0.3, -0.25) is 4.79 Å². The summed E-state index contributed by atoms with van der Waals surface area (Å²) in [5.74, 6) is -0.371. The number of rotatable bonds is 7. The predicted molar refractivity (Wildman–Crippen MR) is 151 cm³/mol. The van der Waals surface area contributed by atoms with Gasteiger partial charge in [-0.15, -0.1) is 0 Å². The van der Waals surface area contributed by atoms with Crippen molar-refractivity contribution in [3.63, 3.8) is 0 Å². The molecule has 0 aliphatic heterocycles. The van der Waals surface area contributed by atoms with Crippen LogP contribution in [0.3, 0.4) is 0 Å². The molecule has 172 valence electrons. The number of hydrogen-bond donors (Lipinski definition) is 0. The molecular weight excluding hydrogens is 604 g/mol. The maximum absolute atomic E-state index is 13.8. The van der Waals surface area contributed by atoms with Crippen LogP contribution in [0.2, 0.25) is 5.02 Å². The van der Waals surface area contributed by atoms with Crippen molar-refractivity contribution in [1.29, 1.82) is 0 Å². The summed E-state index contributed by atoms with van der Waals surface area (Å²) in [6.07, 6.45) is 6.06. The van der Waals surface area contributed by atoms with Crippen LogP contribution >= 0.6 is 51.6 Å². The van der Waals surface area contributed by atoms with Gasteiger partial charge < -0.3 is 0 Å². The highest BCUT2D eigenvalue weighted by Gasteiger charge is 2.17. The summed E-state index contributed by atoms with van der Waals surface area (Å²) >= 11 is 14.2. The van der Waals surface area contributed by atoms with Gasteiger partial charge in [-0.25, -0.2) is 8.84 Å². The molecule has 0 radical (unpaired) electrons. The lowest BCUT2D eigenvalue weighted by Crippen LogP contribution is -1.97. The van der Waals surface area contributed by atoms with E-state index in [0.29, 0.717) is 17.8 Å². The number of nitrogens with zero attached hydrogens (tertiary/aromatic N) is 2. The Morgan fingerprint density at radius 3 is 2.50 bits per heavy atom. The second-order valence-electron chi connectivity index (χ2n) is 7.51. The molecular formula is C26H19Cl2FIN2OP. The number of hydrogen-bond acceptors (Lipinski definition) is 2. The van der Waals surface area contributed by atoms with Crippen LogP contribution in [0.5, 0.6) is 0 Å². The largest absolute Gasteiger partial charge is 0.276 e. The van der Waals surface area contributed by atoms with Crippen molar-refractivity contribution in [2.24, 2.45) is 0 Å². The van der Waals surface area contributed by atoms with E-state index < -0.39 is 5.24 Å². The Morgan fingerprint density at radius 1 is 1.12 bits per heavy atom. The van der Waals surface area contributed by atoms with Crippen LogP contribution in [-0.4, -0.2) is 14.8 Å². The van der Waals surface area contributed by atoms with E-state index in [0.717, 1.165) is 44.3 Å². The topological polar surface area (TPSA) is 34.9 Å². The van der Waals surface area contributed by atoms with Crippen LogP contribution in [0.1, 0.15) is 35.6 Å². The molecule has 0 aliphatic rings. The fourth-order valence-electron chi connectivity index (χ4n) is 3.93. The molecule has 0 amide bonds. The molecule has 0 saturated carbocycles. The first-order valence-corrected chi connectivity index (χ1v) is 15.2. The first kappa shape index (κ1) is 25.1. The number of carbonyl (C=O) groups is 1. The van der Waals surface area contributed by atoms with Gasteiger partial charge in [0.05, 0.1) is 23.1 Å². The van der Waals surface area contributed by atoms with Gasteiger partial charge in [0.1, 0.15) is 5.82 Å². The third-order valence-electron chi connectivity index (χ3n) is 5.45. The summed E-state index contributed by atoms with van der Waals surface area (Å²) in [5.41, 5.74) is 6.73. The fourth-order valence-corrected chi connectivity index (χ4v) is 5.82. The summed E-state index contributed by atoms with van der Waals surface area (Å²) in [6, 6.07) is 18.6. The normalized spacial score (nSPS) is 12.7. The number of benzene rings is 3. The monoisotopic (exact) mass is 622 g/mol. The maximum Gasteiger partial charge on any atom is 0.245 e. The molecule has 0 N–H and O–H groups in total. The standard InChI is InChI=1S/C26H19Cl2FIN2OP/c1-2-21(22-10-9-20(29)14-23(22)27)26(17-6-3-16(4-7-17)5-12-25(28)33)18-8-11-24-19(13-18)15-31-32(24)34-30/h3-15,34H,2H2,1H3/b12-5+,26-21+. The summed E-state index contributed by atoms with van der Waals surface area (Å²) in [6.45, 7) is 2.06. The number of carbonyl (C=O) groups excluding carboxylic acids is 1. The van der Waals surface area contributed by atoms with Crippen molar-refractivity contribution in [2.45, 2.75) is 13.3 Å². The predicted octanol–water partition coefficient (Wildman–Crippen LogP) is 8.77. The molecule has 34 heavy (non-hydrogen) atoms. The van der Waals surface area contributed by atoms with E-state index in [1.165, 1.54) is 18.2 Å². The molecule has 0 fully saturated rings. The van der Waals surface area contributed by atoms with Crippen molar-refractivity contribution in [3.05, 3.63) is 106 Å². The quantitative estimate of drug-likeness (QED) is 0.0679. The highest BCUT2D eigenvalue weighted by Crippen LogP contribution is 2.39. The Kier molecular flexibility index (Phi) is 8.20. The molecule has 1 unspecified atom stereocenters. The number of aromatic nitrogens is 2. The second-order valence-corrected chi connectivity index (χ2v) is 10.3. The lowest BCUT2D eigenvalue weighted by Gasteiger charge is -2.18. The molecule has 3 nitrogen and oxygen atoms in total. The van der Waals surface area contributed by atoms with Crippen molar-refractivity contribution in [3.8, 4) is 0 Å². The summed E-state index contributed by atoms with van der Waals surface area (Å²) < 4.78 is 15.8. The zero-order valence-electron chi connectivity index (χ0n) is 18.0. The Morgan fingerprint density at radius 2 is 1.85 bits per heavy atom. The first-order chi connectivity index (χ1) is 16.4. The van der Waals surface area contributed by atoms with Crippen molar-refractivity contribution in [2.75, 3.05) is 0 Å². The highest BCUT2D eigenvalue weighted by molar-refractivity contribution is 14.2. The number of allylic oxidation sites excluding steroid dienone is 2. The molecule has 8 heteroatoms. The van der Waals surface area contributed by atoms with Gasteiger partial charge in [-0.2, -0.15) is 5.10 Å². The average molecular weight is 623 g/mol. The van der Waals surface area contributed by atoms with Gasteiger partial charge in [0.2, 0.25) is 5.24 Å². The Hall–Kier alpha value is -2.05. The first-order valence-electron chi connectivity index (χ1n) is 10.4. The van der Waals surface area contributed by atoms with Crippen molar-refractivity contribution in [1.82, 2.24) is 9.55 Å². The SMILES string of the molecule is CC/C(=C(/c1ccc(/C=C/C(=O)Cl)cc1)c1ccc2c(cnn2PI)c1)c1ccc(F)cc1Cl. The van der Waals surface area contributed by atoms with Gasteiger partial charge >= 0.3 is 0 Å².